The maximum absolute atomic E-state index is 12.5. The fraction of sp³-hybridized carbons (Fsp3) is 0.933. The number of aliphatic hydroxyl groups excluding tert-OH is 2. The molecule has 0 fully saturated rings. The van der Waals surface area contributed by atoms with Gasteiger partial charge in [0.2, 0.25) is 5.91 Å². The van der Waals surface area contributed by atoms with Crippen molar-refractivity contribution in [1.82, 2.24) is 5.32 Å². The Labute approximate surface area is 412 Å². The summed E-state index contributed by atoms with van der Waals surface area (Å²) in [6.07, 6.45) is 66.6. The minimum Gasteiger partial charge on any atom is -0.466 e. The zero-order chi connectivity index (χ0) is 47.9. The van der Waals surface area contributed by atoms with E-state index in [0.717, 1.165) is 38.5 Å². The van der Waals surface area contributed by atoms with E-state index in [1.165, 1.54) is 270 Å². The average Bonchev–Trinajstić information content (AvgIpc) is 3.32. The molecule has 0 rings (SSSR count). The van der Waals surface area contributed by atoms with Crippen molar-refractivity contribution in [3.8, 4) is 0 Å². The van der Waals surface area contributed by atoms with E-state index < -0.39 is 12.1 Å². The van der Waals surface area contributed by atoms with Crippen molar-refractivity contribution >= 4 is 11.9 Å². The van der Waals surface area contributed by atoms with Crippen molar-refractivity contribution in [3.05, 3.63) is 12.2 Å². The van der Waals surface area contributed by atoms with Crippen LogP contribution >= 0.6 is 0 Å². The predicted molar refractivity (Wildman–Crippen MR) is 287 cm³/mol. The Bertz CT molecular complexity index is 986. The Hall–Kier alpha value is -1.40. The molecule has 1 amide bonds. The van der Waals surface area contributed by atoms with Crippen LogP contribution in [0.4, 0.5) is 0 Å². The van der Waals surface area contributed by atoms with E-state index in [0.29, 0.717) is 19.4 Å². The molecule has 0 aliphatic rings. The Morgan fingerprint density at radius 2 is 0.697 bits per heavy atom. The zero-order valence-electron chi connectivity index (χ0n) is 44.7. The summed E-state index contributed by atoms with van der Waals surface area (Å²) >= 11 is 0. The van der Waals surface area contributed by atoms with Crippen molar-refractivity contribution in [2.45, 2.75) is 347 Å². The lowest BCUT2D eigenvalue weighted by Gasteiger charge is -2.20. The minimum absolute atomic E-state index is 0.00960. The van der Waals surface area contributed by atoms with Crippen LogP contribution in [0.25, 0.3) is 0 Å². The molecule has 0 saturated heterocycles. The van der Waals surface area contributed by atoms with Gasteiger partial charge in [0.15, 0.2) is 0 Å². The average molecular weight is 933 g/mol. The largest absolute Gasteiger partial charge is 0.466 e. The Morgan fingerprint density at radius 1 is 0.409 bits per heavy atom. The lowest BCUT2D eigenvalue weighted by molar-refractivity contribution is -0.143. The highest BCUT2D eigenvalue weighted by molar-refractivity contribution is 5.76. The Morgan fingerprint density at radius 3 is 1.03 bits per heavy atom. The van der Waals surface area contributed by atoms with Gasteiger partial charge in [0.1, 0.15) is 0 Å². The molecule has 0 aromatic rings. The van der Waals surface area contributed by atoms with Gasteiger partial charge in [-0.15, -0.1) is 0 Å². The number of rotatable bonds is 56. The molecule has 2 unspecified atom stereocenters. The minimum atomic E-state index is -0.846. The normalized spacial score (nSPS) is 12.6. The highest BCUT2D eigenvalue weighted by atomic mass is 16.5. The van der Waals surface area contributed by atoms with E-state index >= 15 is 0 Å². The molecular weight excluding hydrogens is 815 g/mol. The monoisotopic (exact) mass is 932 g/mol. The van der Waals surface area contributed by atoms with Crippen LogP contribution in [0, 0.1) is 0 Å². The lowest BCUT2D eigenvalue weighted by atomic mass is 10.0. The van der Waals surface area contributed by atoms with E-state index in [4.69, 9.17) is 4.74 Å². The van der Waals surface area contributed by atoms with E-state index in [1.54, 1.807) is 6.08 Å². The molecule has 0 spiro atoms. The highest BCUT2D eigenvalue weighted by Crippen LogP contribution is 2.18. The van der Waals surface area contributed by atoms with E-state index in [-0.39, 0.29) is 18.5 Å². The van der Waals surface area contributed by atoms with Gasteiger partial charge in [-0.3, -0.25) is 9.59 Å². The molecule has 0 saturated carbocycles. The quantitative estimate of drug-likeness (QED) is 0.0321. The molecule has 6 nitrogen and oxygen atoms in total. The number of allylic oxidation sites excluding steroid dienone is 1. The first-order valence-electron chi connectivity index (χ1n) is 30.0. The van der Waals surface area contributed by atoms with Crippen molar-refractivity contribution < 1.29 is 24.5 Å². The molecule has 0 aromatic heterocycles. The number of carbonyl (C=O) groups is 2. The van der Waals surface area contributed by atoms with Crippen LogP contribution in [0.1, 0.15) is 335 Å². The smallest absolute Gasteiger partial charge is 0.305 e. The van der Waals surface area contributed by atoms with Crippen LogP contribution in [0.2, 0.25) is 0 Å². The first-order chi connectivity index (χ1) is 32.5. The van der Waals surface area contributed by atoms with Gasteiger partial charge in [0, 0.05) is 12.8 Å². The molecule has 0 aliphatic heterocycles. The van der Waals surface area contributed by atoms with Crippen molar-refractivity contribution in [2.24, 2.45) is 0 Å². The van der Waals surface area contributed by atoms with Gasteiger partial charge in [-0.25, -0.2) is 0 Å². The SMILES string of the molecule is CCCCCCCCCCCCCCCCCC/C=C/C(O)C(CO)NC(=O)CCCCCCCCCCCCCCCCCCCCCOC(=O)CCCCCCCCCCCCCC. The maximum atomic E-state index is 12.5. The van der Waals surface area contributed by atoms with E-state index in [2.05, 4.69) is 19.2 Å². The fourth-order valence-electron chi connectivity index (χ4n) is 9.46. The first kappa shape index (κ1) is 64.6. The number of amides is 1. The predicted octanol–water partition coefficient (Wildman–Crippen LogP) is 18.5. The van der Waals surface area contributed by atoms with Gasteiger partial charge < -0.3 is 20.3 Å². The topological polar surface area (TPSA) is 95.9 Å². The van der Waals surface area contributed by atoms with Crippen LogP contribution in [-0.2, 0) is 14.3 Å². The molecule has 0 heterocycles. The molecule has 0 bridgehead atoms. The van der Waals surface area contributed by atoms with Gasteiger partial charge in [-0.2, -0.15) is 0 Å². The number of hydrogen-bond donors (Lipinski definition) is 3. The summed E-state index contributed by atoms with van der Waals surface area (Å²) in [6, 6.07) is -0.629. The molecular formula is C60H117NO5. The fourth-order valence-corrected chi connectivity index (χ4v) is 9.46. The molecule has 6 heteroatoms. The van der Waals surface area contributed by atoms with E-state index in [1.807, 2.05) is 6.08 Å². The summed E-state index contributed by atoms with van der Waals surface area (Å²) in [5.41, 5.74) is 0. The third-order valence-corrected chi connectivity index (χ3v) is 14.1. The maximum Gasteiger partial charge on any atom is 0.305 e. The van der Waals surface area contributed by atoms with Crippen LogP contribution in [0.5, 0.6) is 0 Å². The van der Waals surface area contributed by atoms with Crippen LogP contribution in [-0.4, -0.2) is 47.4 Å². The number of esters is 1. The molecule has 2 atom stereocenters. The molecule has 0 aliphatic carbocycles. The number of ether oxygens (including phenoxy) is 1. The van der Waals surface area contributed by atoms with Crippen molar-refractivity contribution in [1.29, 1.82) is 0 Å². The number of nitrogens with one attached hydrogen (secondary N) is 1. The summed E-state index contributed by atoms with van der Waals surface area (Å²) in [4.78, 5) is 24.5. The third-order valence-electron chi connectivity index (χ3n) is 14.1. The second kappa shape index (κ2) is 56.2. The van der Waals surface area contributed by atoms with Gasteiger partial charge in [0.25, 0.3) is 0 Å². The van der Waals surface area contributed by atoms with Gasteiger partial charge >= 0.3 is 5.97 Å². The van der Waals surface area contributed by atoms with Crippen molar-refractivity contribution in [2.75, 3.05) is 13.2 Å². The standard InChI is InChI=1S/C60H117NO5/c1-3-5-7-9-11-13-15-17-18-19-23-26-29-32-36-40-44-48-52-58(63)57(56-62)61-59(64)53-49-45-41-37-33-30-27-24-21-20-22-25-28-31-35-39-43-47-51-55-66-60(65)54-50-46-42-38-34-16-14-12-10-8-6-4-2/h48,52,57-58,62-63H,3-47,49-51,53-56H2,1-2H3,(H,61,64)/b52-48+. The third kappa shape index (κ3) is 52.0. The first-order valence-corrected chi connectivity index (χ1v) is 30.0. The number of aliphatic hydroxyl groups is 2. The summed E-state index contributed by atoms with van der Waals surface area (Å²) < 4.78 is 5.47. The second-order valence-corrected chi connectivity index (χ2v) is 20.7. The highest BCUT2D eigenvalue weighted by Gasteiger charge is 2.18. The van der Waals surface area contributed by atoms with E-state index in [9.17, 15) is 19.8 Å². The van der Waals surface area contributed by atoms with Gasteiger partial charge in [-0.05, 0) is 32.1 Å². The van der Waals surface area contributed by atoms with Crippen LogP contribution in [0.15, 0.2) is 12.2 Å². The zero-order valence-corrected chi connectivity index (χ0v) is 44.7. The molecule has 0 radical (unpaired) electrons. The van der Waals surface area contributed by atoms with Crippen molar-refractivity contribution in [3.63, 3.8) is 0 Å². The molecule has 392 valence electrons. The lowest BCUT2D eigenvalue weighted by Crippen LogP contribution is -2.45. The summed E-state index contributed by atoms with van der Waals surface area (Å²) in [7, 11) is 0. The van der Waals surface area contributed by atoms with Crippen LogP contribution in [0.3, 0.4) is 0 Å². The molecule has 3 N–H and O–H groups in total. The molecule has 66 heavy (non-hydrogen) atoms. The second-order valence-electron chi connectivity index (χ2n) is 20.7. The Balaban J connectivity index is 3.43. The summed E-state index contributed by atoms with van der Waals surface area (Å²) in [6.45, 7) is 4.92. The van der Waals surface area contributed by atoms with Gasteiger partial charge in [0.05, 0.1) is 25.4 Å². The van der Waals surface area contributed by atoms with Crippen LogP contribution < -0.4 is 5.32 Å². The molecule has 0 aromatic carbocycles. The number of unbranched alkanes of at least 4 members (excludes halogenated alkanes) is 45. The number of hydrogen-bond acceptors (Lipinski definition) is 5. The number of carbonyl (C=O) groups excluding carboxylic acids is 2. The summed E-state index contributed by atoms with van der Waals surface area (Å²) in [5, 5.41) is 23.2. The Kier molecular flexibility index (Phi) is 55.0. The summed E-state index contributed by atoms with van der Waals surface area (Å²) in [5.74, 6) is -0.0582. The van der Waals surface area contributed by atoms with Gasteiger partial charge in [-0.1, -0.05) is 302 Å².